The molecule has 2 fully saturated rings. The van der Waals surface area contributed by atoms with E-state index in [0.29, 0.717) is 25.9 Å². The molecule has 532 valence electrons. The summed E-state index contributed by atoms with van der Waals surface area (Å²) in [6.45, 7) is 9.49. The summed E-state index contributed by atoms with van der Waals surface area (Å²) in [4.78, 5) is 87.9. The molecule has 0 spiro atoms. The number of carboxylic acids is 1. The fourth-order valence-corrected chi connectivity index (χ4v) is 12.7. The number of hydrogen-bond donors (Lipinski definition) is 6. The highest BCUT2D eigenvalue weighted by Crippen LogP contribution is 2.43. The number of hydrogen-bond acceptors (Lipinski definition) is 15. The minimum atomic E-state index is -5.37. The summed E-state index contributed by atoms with van der Waals surface area (Å²) in [5.41, 5.74) is 0. The number of nitrogens with one attached hydrogen (secondary N) is 2. The Balaban J connectivity index is 2.38. The first-order valence-electron chi connectivity index (χ1n) is 36.2. The van der Waals surface area contributed by atoms with Crippen LogP contribution in [0.3, 0.4) is 0 Å². The number of carbonyl (C=O) groups is 5. The number of carbonyl (C=O) groups excluding carboxylic acids is 4. The van der Waals surface area contributed by atoms with Gasteiger partial charge < -0.3 is 63.8 Å². The highest BCUT2D eigenvalue weighted by Gasteiger charge is 2.54. The SMILES string of the molecule is CCCCCC/C=C\CCCCCCO[C@H](CCCCCCCCCCC)CC(=O)O[C@@H]1[C@@H](NC(C)=O)[C@H](OC[C@H]2O[C@H](C(=O)O)[C@H](NC(=O)CC(=O)CCCCCCCCCCC)[C@@H](OCCCCCCCCCCCC)[C@@H]2O)O[C@H](COC)[C@H]1OP(=O)(O)O. The molecule has 6 N–H and O–H groups in total. The number of carboxylic acid groups (broad SMARTS) is 1. The second kappa shape index (κ2) is 54.3. The van der Waals surface area contributed by atoms with Crippen LogP contribution in [0, 0.1) is 0 Å². The molecule has 11 atom stereocenters. The zero-order valence-corrected chi connectivity index (χ0v) is 58.4. The molecule has 91 heavy (non-hydrogen) atoms. The van der Waals surface area contributed by atoms with E-state index in [1.165, 1.54) is 130 Å². The third-order valence-corrected chi connectivity index (χ3v) is 17.9. The van der Waals surface area contributed by atoms with Crippen LogP contribution in [-0.2, 0) is 66.2 Å². The molecule has 0 radical (unpaired) electrons. The smallest absolute Gasteiger partial charge is 0.470 e. The maximum absolute atomic E-state index is 14.4. The zero-order valence-electron chi connectivity index (χ0n) is 57.5. The van der Waals surface area contributed by atoms with Gasteiger partial charge in [0.15, 0.2) is 18.5 Å². The minimum absolute atomic E-state index is 0.105. The molecule has 0 aliphatic carbocycles. The average Bonchev–Trinajstić information content (AvgIpc) is 0.804. The molecule has 2 aliphatic heterocycles. The number of aliphatic carboxylic acids is 1. The van der Waals surface area contributed by atoms with Gasteiger partial charge in [0.05, 0.1) is 38.2 Å². The molecule has 2 saturated heterocycles. The van der Waals surface area contributed by atoms with E-state index in [-0.39, 0.29) is 31.8 Å². The van der Waals surface area contributed by atoms with Crippen molar-refractivity contribution in [2.24, 2.45) is 0 Å². The van der Waals surface area contributed by atoms with Gasteiger partial charge in [-0.25, -0.2) is 9.36 Å². The number of allylic oxidation sites excluding steroid dienone is 2. The number of Topliss-reactive ketones (excluding diaryl/α,β-unsaturated/α-hetero) is 1. The van der Waals surface area contributed by atoms with Crippen LogP contribution in [0.4, 0.5) is 0 Å². The van der Waals surface area contributed by atoms with Gasteiger partial charge in [0.25, 0.3) is 0 Å². The molecular formula is C70H129N2O18P. The number of ketones is 1. The number of rotatable bonds is 60. The van der Waals surface area contributed by atoms with Crippen molar-refractivity contribution in [3.63, 3.8) is 0 Å². The molecule has 0 aromatic rings. The Morgan fingerprint density at radius 2 is 1.03 bits per heavy atom. The van der Waals surface area contributed by atoms with E-state index < -0.39 is 112 Å². The lowest BCUT2D eigenvalue weighted by molar-refractivity contribution is -0.287. The van der Waals surface area contributed by atoms with E-state index in [9.17, 15) is 48.5 Å². The number of aliphatic hydroxyl groups is 1. The Bertz CT molecular complexity index is 1940. The average molecular weight is 1320 g/mol. The first-order chi connectivity index (χ1) is 44.0. The number of esters is 1. The van der Waals surface area contributed by atoms with Gasteiger partial charge in [-0.2, -0.15) is 0 Å². The van der Waals surface area contributed by atoms with Gasteiger partial charge in [-0.15, -0.1) is 0 Å². The molecule has 2 heterocycles. The summed E-state index contributed by atoms with van der Waals surface area (Å²) in [6, 6.07) is -2.95. The van der Waals surface area contributed by atoms with Gasteiger partial charge in [0.2, 0.25) is 11.8 Å². The van der Waals surface area contributed by atoms with E-state index in [4.69, 9.17) is 37.7 Å². The number of aliphatic hydroxyl groups excluding tert-OH is 1. The van der Waals surface area contributed by atoms with Crippen LogP contribution in [0.1, 0.15) is 304 Å². The van der Waals surface area contributed by atoms with Gasteiger partial charge in [0, 0.05) is 33.7 Å². The van der Waals surface area contributed by atoms with Crippen LogP contribution in [0.15, 0.2) is 12.2 Å². The van der Waals surface area contributed by atoms with E-state index in [2.05, 4.69) is 50.5 Å². The predicted molar refractivity (Wildman–Crippen MR) is 355 cm³/mol. The Hall–Kier alpha value is -2.88. The molecule has 20 nitrogen and oxygen atoms in total. The highest BCUT2D eigenvalue weighted by atomic mass is 31.2. The fraction of sp³-hybridized carbons (Fsp3) is 0.900. The Morgan fingerprint density at radius 3 is 1.54 bits per heavy atom. The molecular weight excluding hydrogens is 1190 g/mol. The van der Waals surface area contributed by atoms with E-state index in [1.807, 2.05) is 0 Å². The maximum Gasteiger partial charge on any atom is 0.470 e. The molecule has 2 rings (SSSR count). The van der Waals surface area contributed by atoms with Crippen LogP contribution in [0.25, 0.3) is 0 Å². The maximum atomic E-state index is 14.4. The van der Waals surface area contributed by atoms with Crippen molar-refractivity contribution in [1.29, 1.82) is 0 Å². The summed E-state index contributed by atoms with van der Waals surface area (Å²) >= 11 is 0. The summed E-state index contributed by atoms with van der Waals surface area (Å²) in [6.07, 6.45) is 32.3. The van der Waals surface area contributed by atoms with Crippen molar-refractivity contribution in [1.82, 2.24) is 10.6 Å². The van der Waals surface area contributed by atoms with Crippen LogP contribution in [-0.4, -0.2) is 150 Å². The van der Waals surface area contributed by atoms with Gasteiger partial charge >= 0.3 is 19.8 Å². The fourth-order valence-electron chi connectivity index (χ4n) is 12.2. The normalized spacial score (nSPS) is 22.3. The van der Waals surface area contributed by atoms with Gasteiger partial charge in [0.1, 0.15) is 42.3 Å². The summed E-state index contributed by atoms with van der Waals surface area (Å²) in [7, 11) is -4.05. The van der Waals surface area contributed by atoms with Crippen LogP contribution in [0.2, 0.25) is 0 Å². The molecule has 2 amide bonds. The van der Waals surface area contributed by atoms with Gasteiger partial charge in [-0.05, 0) is 51.4 Å². The van der Waals surface area contributed by atoms with Crippen LogP contribution in [0.5, 0.6) is 0 Å². The quantitative estimate of drug-likeness (QED) is 0.0108. The summed E-state index contributed by atoms with van der Waals surface area (Å²) < 4.78 is 61.0. The first-order valence-corrected chi connectivity index (χ1v) is 37.7. The van der Waals surface area contributed by atoms with Gasteiger partial charge in [-0.1, -0.05) is 239 Å². The Kier molecular flexibility index (Phi) is 50.2. The summed E-state index contributed by atoms with van der Waals surface area (Å²) in [5.74, 6) is -3.99. The van der Waals surface area contributed by atoms with Crippen molar-refractivity contribution >= 4 is 37.4 Å². The number of amides is 2. The number of methoxy groups -OCH3 is 1. The third-order valence-electron chi connectivity index (χ3n) is 17.3. The van der Waals surface area contributed by atoms with Crippen molar-refractivity contribution < 1.29 is 86.2 Å². The van der Waals surface area contributed by atoms with E-state index in [0.717, 1.165) is 116 Å². The molecule has 0 aromatic carbocycles. The van der Waals surface area contributed by atoms with Crippen molar-refractivity contribution in [3.05, 3.63) is 12.2 Å². The monoisotopic (exact) mass is 1320 g/mol. The lowest BCUT2D eigenvalue weighted by Gasteiger charge is -2.47. The number of phosphoric ester groups is 1. The standard InChI is InChI=1S/C70H129N2O18P/c1-7-11-15-19-23-27-29-30-34-37-41-45-49-84-57(48-44-40-36-32-26-22-18-14-10-4)52-61(76)89-67-63(71-55(5)73)70(88-59(53-83-6)65(67)90-91(80,81)82)86-54-58-64(77)66(85-50-46-42-38-33-28-24-20-16-12-8-2)62(68(87-58)69(78)79)72-60(75)51-56(74)47-43-39-35-31-25-21-17-13-9-3/h27,29,57-59,62-68,70,77H,7-26,28,30-54H2,1-6H3,(H,71,73)(H,72,75)(H,78,79)(H2,80,81,82)/b29-27-/t57-,58-,59-,62-,63-,64-,65-,66-,67-,68+,70-/m1/s1. The molecule has 0 saturated carbocycles. The zero-order chi connectivity index (χ0) is 66.7. The molecule has 21 heteroatoms. The second-order valence-corrected chi connectivity index (χ2v) is 26.9. The van der Waals surface area contributed by atoms with Crippen LogP contribution < -0.4 is 10.6 Å². The number of unbranched alkanes of at least 4 members (excludes halogenated alkanes) is 33. The molecule has 0 aromatic heterocycles. The molecule has 0 bridgehead atoms. The van der Waals surface area contributed by atoms with Crippen molar-refractivity contribution in [2.45, 2.75) is 371 Å². The molecule has 0 unspecified atom stereocenters. The highest BCUT2D eigenvalue weighted by molar-refractivity contribution is 7.46. The van der Waals surface area contributed by atoms with Crippen molar-refractivity contribution in [2.75, 3.05) is 33.5 Å². The number of phosphoric acid groups is 1. The van der Waals surface area contributed by atoms with Crippen molar-refractivity contribution in [3.8, 4) is 0 Å². The van der Waals surface area contributed by atoms with E-state index >= 15 is 0 Å². The lowest BCUT2D eigenvalue weighted by Crippen LogP contribution is -2.68. The van der Waals surface area contributed by atoms with Gasteiger partial charge in [-0.3, -0.25) is 23.7 Å². The number of ether oxygens (including phenoxy) is 7. The Labute approximate surface area is 549 Å². The second-order valence-electron chi connectivity index (χ2n) is 25.7. The molecule has 2 aliphatic rings. The lowest BCUT2D eigenvalue weighted by atomic mass is 9.91. The summed E-state index contributed by atoms with van der Waals surface area (Å²) in [5, 5.41) is 28.2. The first kappa shape index (κ1) is 84.2. The van der Waals surface area contributed by atoms with Crippen LogP contribution >= 0.6 is 7.82 Å². The topological polar surface area (TPSA) is 281 Å². The minimum Gasteiger partial charge on any atom is -0.479 e. The van der Waals surface area contributed by atoms with E-state index in [1.54, 1.807) is 0 Å². The largest absolute Gasteiger partial charge is 0.479 e. The Morgan fingerprint density at radius 1 is 0.549 bits per heavy atom. The third kappa shape index (κ3) is 41.0. The predicted octanol–water partition coefficient (Wildman–Crippen LogP) is 14.3.